The summed E-state index contributed by atoms with van der Waals surface area (Å²) in [5.74, 6) is -0.0181. The van der Waals surface area contributed by atoms with Crippen LogP contribution in [0.5, 0.6) is 0 Å². The number of nitrogens with one attached hydrogen (secondary N) is 2. The summed E-state index contributed by atoms with van der Waals surface area (Å²) in [5.41, 5.74) is 3.79. The van der Waals surface area contributed by atoms with E-state index in [2.05, 4.69) is 15.5 Å². The fourth-order valence-corrected chi connectivity index (χ4v) is 2.14. The molecule has 2 aromatic carbocycles. The molecule has 0 unspecified atom stereocenters. The van der Waals surface area contributed by atoms with E-state index in [1.165, 1.54) is 0 Å². The molecule has 21 heavy (non-hydrogen) atoms. The molecule has 0 radical (unpaired) electrons. The fourth-order valence-electron chi connectivity index (χ4n) is 2.14. The van der Waals surface area contributed by atoms with Crippen molar-refractivity contribution in [2.45, 2.75) is 6.42 Å². The maximum Gasteiger partial charge on any atom is 0.228 e. The number of anilines is 1. The SMILES string of the molecule is O=C(Cc1ccccc1)Nc1ccc(-c2ccn[nH]2)cc1. The van der Waals surface area contributed by atoms with Crippen molar-refractivity contribution >= 4 is 11.6 Å². The summed E-state index contributed by atoms with van der Waals surface area (Å²) in [6, 6.07) is 19.3. The van der Waals surface area contributed by atoms with Gasteiger partial charge >= 0.3 is 0 Å². The van der Waals surface area contributed by atoms with Gasteiger partial charge in [-0.3, -0.25) is 9.89 Å². The van der Waals surface area contributed by atoms with Crippen LogP contribution in [0.15, 0.2) is 66.9 Å². The molecule has 1 aromatic heterocycles. The first-order chi connectivity index (χ1) is 10.3. The summed E-state index contributed by atoms with van der Waals surface area (Å²) in [7, 11) is 0. The van der Waals surface area contributed by atoms with Crippen LogP contribution in [-0.4, -0.2) is 16.1 Å². The highest BCUT2D eigenvalue weighted by atomic mass is 16.1. The first-order valence-corrected chi connectivity index (χ1v) is 6.75. The first kappa shape index (κ1) is 13.1. The van der Waals surface area contributed by atoms with Gasteiger partial charge < -0.3 is 5.32 Å². The topological polar surface area (TPSA) is 57.8 Å². The molecule has 0 fully saturated rings. The Morgan fingerprint density at radius 3 is 2.43 bits per heavy atom. The van der Waals surface area contributed by atoms with Gasteiger partial charge in [-0.1, -0.05) is 42.5 Å². The molecule has 104 valence electrons. The molecule has 2 N–H and O–H groups in total. The number of H-pyrrole nitrogens is 1. The zero-order valence-electron chi connectivity index (χ0n) is 11.4. The van der Waals surface area contributed by atoms with Crippen molar-refractivity contribution in [2.24, 2.45) is 0 Å². The predicted octanol–water partition coefficient (Wildman–Crippen LogP) is 3.26. The number of carbonyl (C=O) groups is 1. The Balaban J connectivity index is 1.64. The number of hydrogen-bond donors (Lipinski definition) is 2. The second-order valence-electron chi connectivity index (χ2n) is 4.76. The van der Waals surface area contributed by atoms with Gasteiger partial charge in [-0.25, -0.2) is 0 Å². The van der Waals surface area contributed by atoms with Crippen LogP contribution in [-0.2, 0) is 11.2 Å². The second-order valence-corrected chi connectivity index (χ2v) is 4.76. The summed E-state index contributed by atoms with van der Waals surface area (Å²) in [5, 5.41) is 9.73. The van der Waals surface area contributed by atoms with Crippen molar-refractivity contribution in [1.82, 2.24) is 10.2 Å². The van der Waals surface area contributed by atoms with Crippen LogP contribution in [0.1, 0.15) is 5.56 Å². The van der Waals surface area contributed by atoms with Crippen LogP contribution in [0, 0.1) is 0 Å². The summed E-state index contributed by atoms with van der Waals surface area (Å²) in [6.07, 6.45) is 2.09. The van der Waals surface area contributed by atoms with E-state index in [1.54, 1.807) is 6.20 Å². The van der Waals surface area contributed by atoms with Gasteiger partial charge in [0.1, 0.15) is 0 Å². The zero-order chi connectivity index (χ0) is 14.5. The lowest BCUT2D eigenvalue weighted by Crippen LogP contribution is -2.14. The third-order valence-corrected chi connectivity index (χ3v) is 3.19. The standard InChI is InChI=1S/C17H15N3O/c21-17(12-13-4-2-1-3-5-13)19-15-8-6-14(7-9-15)16-10-11-18-20-16/h1-11H,12H2,(H,18,20)(H,19,21). The van der Waals surface area contributed by atoms with Crippen LogP contribution in [0.2, 0.25) is 0 Å². The number of benzene rings is 2. The average Bonchev–Trinajstić information content (AvgIpc) is 3.03. The van der Waals surface area contributed by atoms with Gasteiger partial charge in [-0.2, -0.15) is 5.10 Å². The van der Waals surface area contributed by atoms with Gasteiger partial charge in [0.05, 0.1) is 12.1 Å². The third kappa shape index (κ3) is 3.36. The van der Waals surface area contributed by atoms with E-state index >= 15 is 0 Å². The van der Waals surface area contributed by atoms with E-state index in [9.17, 15) is 4.79 Å². The molecule has 3 rings (SSSR count). The number of carbonyl (C=O) groups excluding carboxylic acids is 1. The van der Waals surface area contributed by atoms with Gasteiger partial charge in [0.2, 0.25) is 5.91 Å². The molecule has 0 aliphatic rings. The van der Waals surface area contributed by atoms with E-state index in [1.807, 2.05) is 60.7 Å². The Labute approximate surface area is 122 Å². The number of aromatic amines is 1. The summed E-state index contributed by atoms with van der Waals surface area (Å²) in [6.45, 7) is 0. The molecule has 0 atom stereocenters. The lowest BCUT2D eigenvalue weighted by Gasteiger charge is -2.06. The maximum atomic E-state index is 12.0. The molecule has 1 amide bonds. The smallest absolute Gasteiger partial charge is 0.228 e. The molecule has 0 aliphatic heterocycles. The minimum atomic E-state index is -0.0181. The van der Waals surface area contributed by atoms with E-state index < -0.39 is 0 Å². The number of hydrogen-bond acceptors (Lipinski definition) is 2. The lowest BCUT2D eigenvalue weighted by atomic mass is 10.1. The van der Waals surface area contributed by atoms with Crippen LogP contribution >= 0.6 is 0 Å². The number of nitrogens with zero attached hydrogens (tertiary/aromatic N) is 1. The minimum absolute atomic E-state index is 0.0181. The van der Waals surface area contributed by atoms with Crippen molar-refractivity contribution in [3.05, 3.63) is 72.4 Å². The largest absolute Gasteiger partial charge is 0.326 e. The Hall–Kier alpha value is -2.88. The Morgan fingerprint density at radius 2 is 1.76 bits per heavy atom. The maximum absolute atomic E-state index is 12.0. The molecule has 0 bridgehead atoms. The molecule has 0 saturated carbocycles. The van der Waals surface area contributed by atoms with Crippen LogP contribution in [0.4, 0.5) is 5.69 Å². The van der Waals surface area contributed by atoms with Gasteiger partial charge in [0, 0.05) is 11.9 Å². The minimum Gasteiger partial charge on any atom is -0.326 e. The molecule has 0 spiro atoms. The summed E-state index contributed by atoms with van der Waals surface area (Å²) >= 11 is 0. The molecular formula is C17H15N3O. The Morgan fingerprint density at radius 1 is 1.00 bits per heavy atom. The van der Waals surface area contributed by atoms with E-state index in [0.29, 0.717) is 6.42 Å². The molecule has 4 nitrogen and oxygen atoms in total. The second kappa shape index (κ2) is 6.05. The van der Waals surface area contributed by atoms with Crippen molar-refractivity contribution in [3.63, 3.8) is 0 Å². The molecular weight excluding hydrogens is 262 g/mol. The highest BCUT2D eigenvalue weighted by Gasteiger charge is 2.04. The molecule has 0 saturated heterocycles. The normalized spacial score (nSPS) is 10.3. The van der Waals surface area contributed by atoms with E-state index in [4.69, 9.17) is 0 Å². The lowest BCUT2D eigenvalue weighted by molar-refractivity contribution is -0.115. The van der Waals surface area contributed by atoms with Gasteiger partial charge in [-0.05, 0) is 29.3 Å². The first-order valence-electron chi connectivity index (χ1n) is 6.75. The van der Waals surface area contributed by atoms with Gasteiger partial charge in [0.25, 0.3) is 0 Å². The van der Waals surface area contributed by atoms with E-state index in [-0.39, 0.29) is 5.91 Å². The van der Waals surface area contributed by atoms with Crippen molar-refractivity contribution in [1.29, 1.82) is 0 Å². The fraction of sp³-hybridized carbons (Fsp3) is 0.0588. The number of aromatic nitrogens is 2. The zero-order valence-corrected chi connectivity index (χ0v) is 11.4. The van der Waals surface area contributed by atoms with Crippen molar-refractivity contribution < 1.29 is 4.79 Å². The highest BCUT2D eigenvalue weighted by Crippen LogP contribution is 2.19. The van der Waals surface area contributed by atoms with Gasteiger partial charge in [0.15, 0.2) is 0 Å². The quantitative estimate of drug-likeness (QED) is 0.769. The number of amides is 1. The van der Waals surface area contributed by atoms with Crippen molar-refractivity contribution in [2.75, 3.05) is 5.32 Å². The number of rotatable bonds is 4. The van der Waals surface area contributed by atoms with Crippen LogP contribution in [0.25, 0.3) is 11.3 Å². The molecule has 0 aliphatic carbocycles. The van der Waals surface area contributed by atoms with E-state index in [0.717, 1.165) is 22.5 Å². The molecule has 1 heterocycles. The van der Waals surface area contributed by atoms with Crippen LogP contribution in [0.3, 0.4) is 0 Å². The summed E-state index contributed by atoms with van der Waals surface area (Å²) < 4.78 is 0. The van der Waals surface area contributed by atoms with Gasteiger partial charge in [-0.15, -0.1) is 0 Å². The molecule has 4 heteroatoms. The summed E-state index contributed by atoms with van der Waals surface area (Å²) in [4.78, 5) is 12.0. The Bertz CT molecular complexity index is 704. The van der Waals surface area contributed by atoms with Crippen LogP contribution < -0.4 is 5.32 Å². The molecule has 3 aromatic rings. The van der Waals surface area contributed by atoms with Crippen molar-refractivity contribution in [3.8, 4) is 11.3 Å². The third-order valence-electron chi connectivity index (χ3n) is 3.19. The average molecular weight is 277 g/mol. The highest BCUT2D eigenvalue weighted by molar-refractivity contribution is 5.92. The monoisotopic (exact) mass is 277 g/mol. The predicted molar refractivity (Wildman–Crippen MR) is 82.8 cm³/mol. The Kier molecular flexibility index (Phi) is 3.78.